The normalized spacial score (nSPS) is 14.2. The average molecular weight is 412 g/mol. The summed E-state index contributed by atoms with van der Waals surface area (Å²) in [6.45, 7) is 4.39. The molecule has 0 bridgehead atoms. The number of halogens is 1. The minimum absolute atomic E-state index is 0.0564. The van der Waals surface area contributed by atoms with Crippen molar-refractivity contribution in [1.82, 2.24) is 19.7 Å². The Hall–Kier alpha value is -2.71. The Morgan fingerprint density at radius 2 is 1.83 bits per heavy atom. The van der Waals surface area contributed by atoms with Crippen molar-refractivity contribution < 1.29 is 13.9 Å². The molecule has 1 aliphatic heterocycles. The van der Waals surface area contributed by atoms with Crippen LogP contribution in [0.1, 0.15) is 5.56 Å². The van der Waals surface area contributed by atoms with Gasteiger partial charge in [0, 0.05) is 18.7 Å². The van der Waals surface area contributed by atoms with Crippen molar-refractivity contribution in [2.45, 2.75) is 12.1 Å². The van der Waals surface area contributed by atoms with Crippen LogP contribution >= 0.6 is 11.8 Å². The van der Waals surface area contributed by atoms with Gasteiger partial charge < -0.3 is 9.64 Å². The molecule has 0 atom stereocenters. The number of nitrogens with zero attached hydrogens (tertiary/aromatic N) is 4. The molecule has 1 fully saturated rings. The molecule has 4 rings (SSSR count). The van der Waals surface area contributed by atoms with Crippen molar-refractivity contribution in [2.24, 2.45) is 0 Å². The molecule has 1 aliphatic rings. The summed E-state index contributed by atoms with van der Waals surface area (Å²) in [6.07, 6.45) is 0. The lowest BCUT2D eigenvalue weighted by Crippen LogP contribution is -2.41. The standard InChI is InChI=1S/C21H21FN4O2S/c1-15-4-2-3-5-18(15)26-20(16-6-8-17(22)9-7-16)23-24-21(26)29-14-19(27)25-10-12-28-13-11-25/h2-9H,10-14H2,1H3. The van der Waals surface area contributed by atoms with Gasteiger partial charge in [0.25, 0.3) is 0 Å². The van der Waals surface area contributed by atoms with Gasteiger partial charge in [-0.2, -0.15) is 0 Å². The van der Waals surface area contributed by atoms with Crippen molar-refractivity contribution in [3.63, 3.8) is 0 Å². The van der Waals surface area contributed by atoms with Gasteiger partial charge in [0.05, 0.1) is 24.7 Å². The number of morpholine rings is 1. The summed E-state index contributed by atoms with van der Waals surface area (Å²) < 4.78 is 20.6. The van der Waals surface area contributed by atoms with E-state index in [1.165, 1.54) is 23.9 Å². The fourth-order valence-corrected chi connectivity index (χ4v) is 4.06. The van der Waals surface area contributed by atoms with E-state index in [1.807, 2.05) is 40.7 Å². The first-order valence-electron chi connectivity index (χ1n) is 9.39. The fourth-order valence-electron chi connectivity index (χ4n) is 3.21. The molecule has 29 heavy (non-hydrogen) atoms. The molecular weight excluding hydrogens is 391 g/mol. The third-order valence-corrected chi connectivity index (χ3v) is 5.69. The highest BCUT2D eigenvalue weighted by Crippen LogP contribution is 2.29. The molecule has 0 N–H and O–H groups in total. The molecule has 150 valence electrons. The van der Waals surface area contributed by atoms with Crippen molar-refractivity contribution in [3.8, 4) is 17.1 Å². The molecule has 1 saturated heterocycles. The largest absolute Gasteiger partial charge is 0.378 e. The zero-order valence-corrected chi connectivity index (χ0v) is 16.9. The number of hydrogen-bond acceptors (Lipinski definition) is 5. The third-order valence-electron chi connectivity index (χ3n) is 4.78. The number of rotatable bonds is 5. The van der Waals surface area contributed by atoms with E-state index in [9.17, 15) is 9.18 Å². The lowest BCUT2D eigenvalue weighted by atomic mass is 10.1. The van der Waals surface area contributed by atoms with Crippen LogP contribution in [-0.4, -0.2) is 57.6 Å². The maximum atomic E-state index is 13.4. The molecule has 0 unspecified atom stereocenters. The van der Waals surface area contributed by atoms with Gasteiger partial charge in [-0.1, -0.05) is 30.0 Å². The van der Waals surface area contributed by atoms with Crippen LogP contribution in [-0.2, 0) is 9.53 Å². The third kappa shape index (κ3) is 4.33. The minimum Gasteiger partial charge on any atom is -0.378 e. The van der Waals surface area contributed by atoms with Gasteiger partial charge in [-0.05, 0) is 42.8 Å². The summed E-state index contributed by atoms with van der Waals surface area (Å²) >= 11 is 1.35. The van der Waals surface area contributed by atoms with Crippen LogP contribution in [0, 0.1) is 12.7 Å². The highest BCUT2D eigenvalue weighted by Gasteiger charge is 2.21. The predicted octanol–water partition coefficient (Wildman–Crippen LogP) is 3.33. The van der Waals surface area contributed by atoms with Gasteiger partial charge in [0.15, 0.2) is 11.0 Å². The van der Waals surface area contributed by atoms with E-state index in [2.05, 4.69) is 10.2 Å². The number of thioether (sulfide) groups is 1. The van der Waals surface area contributed by atoms with E-state index in [4.69, 9.17) is 4.74 Å². The molecule has 1 amide bonds. The second kappa shape index (κ2) is 8.75. The maximum Gasteiger partial charge on any atom is 0.233 e. The van der Waals surface area contributed by atoms with Crippen LogP contribution in [0.5, 0.6) is 0 Å². The van der Waals surface area contributed by atoms with Crippen molar-refractivity contribution in [2.75, 3.05) is 32.1 Å². The van der Waals surface area contributed by atoms with Crippen LogP contribution in [0.2, 0.25) is 0 Å². The Kier molecular flexibility index (Phi) is 5.92. The molecule has 0 radical (unpaired) electrons. The van der Waals surface area contributed by atoms with Crippen LogP contribution < -0.4 is 0 Å². The Bertz CT molecular complexity index is 1000. The molecule has 0 aliphatic carbocycles. The summed E-state index contributed by atoms with van der Waals surface area (Å²) in [5.41, 5.74) is 2.74. The number of amides is 1. The fraction of sp³-hybridized carbons (Fsp3) is 0.286. The quantitative estimate of drug-likeness (QED) is 0.602. The van der Waals surface area contributed by atoms with Crippen LogP contribution in [0.3, 0.4) is 0 Å². The topological polar surface area (TPSA) is 60.2 Å². The summed E-state index contributed by atoms with van der Waals surface area (Å²) in [5.74, 6) is 0.635. The SMILES string of the molecule is Cc1ccccc1-n1c(SCC(=O)N2CCOCC2)nnc1-c1ccc(F)cc1. The number of aryl methyl sites for hydroxylation is 1. The zero-order chi connectivity index (χ0) is 20.2. The Morgan fingerprint density at radius 1 is 1.10 bits per heavy atom. The van der Waals surface area contributed by atoms with Crippen LogP contribution in [0.25, 0.3) is 17.1 Å². The average Bonchev–Trinajstić information content (AvgIpc) is 3.17. The summed E-state index contributed by atoms with van der Waals surface area (Å²) in [6, 6.07) is 14.1. The van der Waals surface area contributed by atoms with Crippen LogP contribution in [0.4, 0.5) is 4.39 Å². The Labute approximate surface area is 172 Å². The first-order chi connectivity index (χ1) is 14.1. The van der Waals surface area contributed by atoms with E-state index in [-0.39, 0.29) is 17.5 Å². The monoisotopic (exact) mass is 412 g/mol. The number of para-hydroxylation sites is 1. The summed E-state index contributed by atoms with van der Waals surface area (Å²) in [5, 5.41) is 9.31. The number of hydrogen-bond donors (Lipinski definition) is 0. The lowest BCUT2D eigenvalue weighted by Gasteiger charge is -2.26. The number of ether oxygens (including phenoxy) is 1. The smallest absolute Gasteiger partial charge is 0.233 e. The predicted molar refractivity (Wildman–Crippen MR) is 110 cm³/mol. The maximum absolute atomic E-state index is 13.4. The number of aromatic nitrogens is 3. The van der Waals surface area contributed by atoms with Crippen molar-refractivity contribution >= 4 is 17.7 Å². The van der Waals surface area contributed by atoms with E-state index in [0.29, 0.717) is 37.3 Å². The van der Waals surface area contributed by atoms with Gasteiger partial charge >= 0.3 is 0 Å². The lowest BCUT2D eigenvalue weighted by molar-refractivity contribution is -0.132. The second-order valence-corrected chi connectivity index (χ2v) is 7.66. The van der Waals surface area contributed by atoms with E-state index >= 15 is 0 Å². The van der Waals surface area contributed by atoms with Gasteiger partial charge in [-0.3, -0.25) is 9.36 Å². The van der Waals surface area contributed by atoms with Crippen molar-refractivity contribution in [1.29, 1.82) is 0 Å². The van der Waals surface area contributed by atoms with Gasteiger partial charge in [-0.15, -0.1) is 10.2 Å². The Morgan fingerprint density at radius 3 is 2.55 bits per heavy atom. The Balaban J connectivity index is 1.66. The van der Waals surface area contributed by atoms with Gasteiger partial charge in [-0.25, -0.2) is 4.39 Å². The number of carbonyl (C=O) groups excluding carboxylic acids is 1. The summed E-state index contributed by atoms with van der Waals surface area (Å²) in [7, 11) is 0. The molecule has 0 spiro atoms. The molecule has 3 aromatic rings. The highest BCUT2D eigenvalue weighted by molar-refractivity contribution is 7.99. The van der Waals surface area contributed by atoms with E-state index < -0.39 is 0 Å². The molecular formula is C21H21FN4O2S. The molecule has 6 nitrogen and oxygen atoms in total. The van der Waals surface area contributed by atoms with Gasteiger partial charge in [0.2, 0.25) is 5.91 Å². The second-order valence-electron chi connectivity index (χ2n) is 6.72. The summed E-state index contributed by atoms with van der Waals surface area (Å²) in [4.78, 5) is 14.4. The molecule has 1 aromatic heterocycles. The molecule has 2 aromatic carbocycles. The molecule has 0 saturated carbocycles. The molecule has 8 heteroatoms. The zero-order valence-electron chi connectivity index (χ0n) is 16.0. The first kappa shape index (κ1) is 19.6. The number of benzene rings is 2. The van der Waals surface area contributed by atoms with E-state index in [1.54, 1.807) is 12.1 Å². The number of carbonyl (C=O) groups is 1. The van der Waals surface area contributed by atoms with Gasteiger partial charge in [0.1, 0.15) is 5.82 Å². The highest BCUT2D eigenvalue weighted by atomic mass is 32.2. The first-order valence-corrected chi connectivity index (χ1v) is 10.4. The minimum atomic E-state index is -0.304. The van der Waals surface area contributed by atoms with Crippen LogP contribution in [0.15, 0.2) is 53.7 Å². The van der Waals surface area contributed by atoms with Crippen molar-refractivity contribution in [3.05, 3.63) is 59.9 Å². The van der Waals surface area contributed by atoms with E-state index in [0.717, 1.165) is 16.8 Å². The molecule has 2 heterocycles.